The predicted molar refractivity (Wildman–Crippen MR) is 105 cm³/mol. The molecule has 1 unspecified atom stereocenters. The number of rotatable bonds is 5. The van der Waals surface area contributed by atoms with Crippen LogP contribution in [-0.4, -0.2) is 34.1 Å². The van der Waals surface area contributed by atoms with E-state index in [0.29, 0.717) is 31.3 Å². The second-order valence-corrected chi connectivity index (χ2v) is 8.18. The maximum absolute atomic E-state index is 13.4. The highest BCUT2D eigenvalue weighted by Gasteiger charge is 2.31. The molecule has 0 aliphatic carbocycles. The van der Waals surface area contributed by atoms with Crippen LogP contribution in [0.4, 0.5) is 4.39 Å². The van der Waals surface area contributed by atoms with Crippen LogP contribution in [0.2, 0.25) is 0 Å². The Balaban J connectivity index is 1.48. The molecule has 146 valence electrons. The summed E-state index contributed by atoms with van der Waals surface area (Å²) < 4.78 is 18.9. The number of nitrogens with zero attached hydrogens (tertiary/aromatic N) is 3. The largest absolute Gasteiger partial charge is 0.425 e. The van der Waals surface area contributed by atoms with E-state index in [0.717, 1.165) is 23.3 Å². The summed E-state index contributed by atoms with van der Waals surface area (Å²) in [7, 11) is 0. The molecular weight excluding hydrogens is 377 g/mol. The molecular formula is C21H22FN3O2S. The van der Waals surface area contributed by atoms with Gasteiger partial charge in [0.15, 0.2) is 0 Å². The van der Waals surface area contributed by atoms with Crippen molar-refractivity contribution in [2.75, 3.05) is 13.1 Å². The number of aryl methyl sites for hydroxylation is 1. The van der Waals surface area contributed by atoms with Gasteiger partial charge in [-0.2, -0.15) is 0 Å². The highest BCUT2D eigenvalue weighted by Crippen LogP contribution is 2.31. The van der Waals surface area contributed by atoms with Gasteiger partial charge in [0.1, 0.15) is 5.82 Å². The number of aromatic nitrogens is 2. The van der Waals surface area contributed by atoms with E-state index in [1.807, 2.05) is 22.4 Å². The zero-order valence-corrected chi connectivity index (χ0v) is 16.5. The minimum absolute atomic E-state index is 0.0974. The third kappa shape index (κ3) is 4.14. The minimum atomic E-state index is -0.304. The molecule has 2 aromatic heterocycles. The number of hydrogen-bond donors (Lipinski definition) is 0. The number of carbonyl (C=O) groups excluding carboxylic acids is 1. The van der Waals surface area contributed by atoms with E-state index in [9.17, 15) is 9.18 Å². The van der Waals surface area contributed by atoms with E-state index in [-0.39, 0.29) is 23.6 Å². The smallest absolute Gasteiger partial charge is 0.230 e. The van der Waals surface area contributed by atoms with Gasteiger partial charge in [-0.25, -0.2) is 4.39 Å². The van der Waals surface area contributed by atoms with Gasteiger partial charge in [0.2, 0.25) is 17.7 Å². The fourth-order valence-electron chi connectivity index (χ4n) is 3.72. The van der Waals surface area contributed by atoms with Crippen molar-refractivity contribution in [1.82, 2.24) is 15.1 Å². The van der Waals surface area contributed by atoms with Gasteiger partial charge in [-0.3, -0.25) is 4.79 Å². The number of thiophene rings is 1. The lowest BCUT2D eigenvalue weighted by atomic mass is 9.91. The SMILES string of the molecule is Cc1nnc(C2CCN(C(=O)C(Cc3cccs3)c3ccc(F)cc3)CC2)o1. The zero-order chi connectivity index (χ0) is 19.5. The van der Waals surface area contributed by atoms with E-state index in [4.69, 9.17) is 4.42 Å². The van der Waals surface area contributed by atoms with E-state index in [1.54, 1.807) is 30.4 Å². The van der Waals surface area contributed by atoms with Gasteiger partial charge in [-0.1, -0.05) is 18.2 Å². The molecule has 7 heteroatoms. The summed E-state index contributed by atoms with van der Waals surface area (Å²) in [6.07, 6.45) is 2.25. The minimum Gasteiger partial charge on any atom is -0.425 e. The van der Waals surface area contributed by atoms with Crippen molar-refractivity contribution in [3.05, 3.63) is 69.8 Å². The van der Waals surface area contributed by atoms with E-state index >= 15 is 0 Å². The highest BCUT2D eigenvalue weighted by atomic mass is 32.1. The third-order valence-corrected chi connectivity index (χ3v) is 6.15. The molecule has 1 atom stereocenters. The Morgan fingerprint density at radius 2 is 2.00 bits per heavy atom. The summed E-state index contributed by atoms with van der Waals surface area (Å²) in [5.41, 5.74) is 0.856. The Labute approximate surface area is 167 Å². The van der Waals surface area contributed by atoms with Crippen LogP contribution in [-0.2, 0) is 11.2 Å². The number of carbonyl (C=O) groups is 1. The van der Waals surface area contributed by atoms with Crippen LogP contribution in [0, 0.1) is 12.7 Å². The van der Waals surface area contributed by atoms with Crippen molar-refractivity contribution in [1.29, 1.82) is 0 Å². The van der Waals surface area contributed by atoms with Crippen molar-refractivity contribution in [3.63, 3.8) is 0 Å². The average molecular weight is 399 g/mol. The van der Waals surface area contributed by atoms with Gasteiger partial charge in [-0.05, 0) is 48.4 Å². The summed E-state index contributed by atoms with van der Waals surface area (Å²) in [5.74, 6) is 0.939. The van der Waals surface area contributed by atoms with E-state index in [2.05, 4.69) is 10.2 Å². The molecule has 0 N–H and O–H groups in total. The summed E-state index contributed by atoms with van der Waals surface area (Å²) in [4.78, 5) is 16.4. The first-order chi connectivity index (χ1) is 13.6. The zero-order valence-electron chi connectivity index (χ0n) is 15.7. The predicted octanol–water partition coefficient (Wildman–Crippen LogP) is 4.31. The molecule has 28 heavy (non-hydrogen) atoms. The number of benzene rings is 1. The molecule has 0 bridgehead atoms. The Kier molecular flexibility index (Phi) is 5.52. The Morgan fingerprint density at radius 3 is 2.61 bits per heavy atom. The molecule has 0 spiro atoms. The molecule has 5 nitrogen and oxygen atoms in total. The Hall–Kier alpha value is -2.54. The Morgan fingerprint density at radius 1 is 1.25 bits per heavy atom. The van der Waals surface area contributed by atoms with Crippen LogP contribution in [0.5, 0.6) is 0 Å². The quantitative estimate of drug-likeness (QED) is 0.641. The molecule has 1 amide bonds. The van der Waals surface area contributed by atoms with Crippen molar-refractivity contribution < 1.29 is 13.6 Å². The monoisotopic (exact) mass is 399 g/mol. The van der Waals surface area contributed by atoms with Crippen LogP contribution >= 0.6 is 11.3 Å². The first-order valence-electron chi connectivity index (χ1n) is 9.47. The number of likely N-dealkylation sites (tertiary alicyclic amines) is 1. The number of halogens is 1. The fourth-order valence-corrected chi connectivity index (χ4v) is 4.47. The molecule has 3 aromatic rings. The molecule has 1 aliphatic heterocycles. The van der Waals surface area contributed by atoms with Gasteiger partial charge < -0.3 is 9.32 Å². The highest BCUT2D eigenvalue weighted by molar-refractivity contribution is 7.09. The van der Waals surface area contributed by atoms with E-state index in [1.165, 1.54) is 12.1 Å². The molecule has 3 heterocycles. The topological polar surface area (TPSA) is 59.2 Å². The van der Waals surface area contributed by atoms with Crippen LogP contribution in [0.25, 0.3) is 0 Å². The second kappa shape index (κ2) is 8.22. The lowest BCUT2D eigenvalue weighted by Gasteiger charge is -2.33. The van der Waals surface area contributed by atoms with Gasteiger partial charge in [-0.15, -0.1) is 21.5 Å². The first-order valence-corrected chi connectivity index (χ1v) is 10.3. The lowest BCUT2D eigenvalue weighted by Crippen LogP contribution is -2.41. The molecule has 4 rings (SSSR count). The molecule has 1 aromatic carbocycles. The molecule has 1 fully saturated rings. The second-order valence-electron chi connectivity index (χ2n) is 7.15. The van der Waals surface area contributed by atoms with Gasteiger partial charge in [0.05, 0.1) is 5.92 Å². The fraction of sp³-hybridized carbons (Fsp3) is 0.381. The Bertz CT molecular complexity index is 916. The number of hydrogen-bond acceptors (Lipinski definition) is 5. The van der Waals surface area contributed by atoms with Crippen molar-refractivity contribution >= 4 is 17.2 Å². The van der Waals surface area contributed by atoms with Gasteiger partial charge in [0, 0.05) is 30.8 Å². The van der Waals surface area contributed by atoms with E-state index < -0.39 is 0 Å². The summed E-state index contributed by atoms with van der Waals surface area (Å²) in [6.45, 7) is 3.10. The van der Waals surface area contributed by atoms with Crippen LogP contribution < -0.4 is 0 Å². The maximum Gasteiger partial charge on any atom is 0.230 e. The van der Waals surface area contributed by atoms with Crippen molar-refractivity contribution in [2.24, 2.45) is 0 Å². The normalized spacial score (nSPS) is 16.3. The standard InChI is InChI=1S/C21H22FN3O2S/c1-14-23-24-20(27-14)16-8-10-25(11-9-16)21(26)19(13-18-3-2-12-28-18)15-4-6-17(22)7-5-15/h2-7,12,16,19H,8-11,13H2,1H3. The molecule has 1 aliphatic rings. The number of piperidine rings is 1. The number of amides is 1. The van der Waals surface area contributed by atoms with Gasteiger partial charge in [0.25, 0.3) is 0 Å². The lowest BCUT2D eigenvalue weighted by molar-refractivity contribution is -0.134. The maximum atomic E-state index is 13.4. The summed E-state index contributed by atoms with van der Waals surface area (Å²) >= 11 is 1.64. The van der Waals surface area contributed by atoms with Crippen LogP contribution in [0.15, 0.2) is 46.2 Å². The molecule has 0 saturated carbocycles. The summed E-state index contributed by atoms with van der Waals surface area (Å²) in [5, 5.41) is 10.0. The van der Waals surface area contributed by atoms with Crippen molar-refractivity contribution in [3.8, 4) is 0 Å². The van der Waals surface area contributed by atoms with Crippen LogP contribution in [0.3, 0.4) is 0 Å². The van der Waals surface area contributed by atoms with Crippen molar-refractivity contribution in [2.45, 2.75) is 38.0 Å². The first kappa shape index (κ1) is 18.8. The summed E-state index contributed by atoms with van der Waals surface area (Å²) in [6, 6.07) is 10.3. The third-order valence-electron chi connectivity index (χ3n) is 5.25. The average Bonchev–Trinajstić information content (AvgIpc) is 3.38. The van der Waals surface area contributed by atoms with Gasteiger partial charge >= 0.3 is 0 Å². The van der Waals surface area contributed by atoms with Crippen LogP contribution in [0.1, 0.15) is 46.9 Å². The molecule has 0 radical (unpaired) electrons. The molecule has 1 saturated heterocycles.